The number of hydrogen-bond acceptors (Lipinski definition) is 6. The molecule has 9 heteroatoms. The Bertz CT molecular complexity index is 1130. The molecule has 4 rings (SSSR count). The highest BCUT2D eigenvalue weighted by atomic mass is 16.6. The van der Waals surface area contributed by atoms with Crippen LogP contribution in [0.3, 0.4) is 0 Å². The minimum atomic E-state index is -0.521. The molecule has 186 valence electrons. The van der Waals surface area contributed by atoms with Gasteiger partial charge < -0.3 is 19.4 Å². The standard InChI is InChI=1S/C26H32N4O5/c1-18-6-7-19(2)23(15-18)27-11-13-28(14-12-27)25(31)20-5-4-10-29(17-20)26(32)22-9-8-21(30(33)34)16-24(22)35-3/h6-9,15-16,20H,4-5,10-14,17H2,1-3H3. The number of hydrogen-bond donors (Lipinski definition) is 0. The normalized spacial score (nSPS) is 18.4. The number of aryl methyl sites for hydroxylation is 2. The Hall–Kier alpha value is -3.62. The van der Waals surface area contributed by atoms with Crippen molar-refractivity contribution in [3.8, 4) is 5.75 Å². The van der Waals surface area contributed by atoms with Crippen molar-refractivity contribution in [3.05, 3.63) is 63.2 Å². The zero-order valence-electron chi connectivity index (χ0n) is 20.5. The minimum Gasteiger partial charge on any atom is -0.496 e. The number of benzene rings is 2. The summed E-state index contributed by atoms with van der Waals surface area (Å²) in [6, 6.07) is 10.4. The number of nitro groups is 1. The number of rotatable bonds is 5. The molecule has 2 aliphatic heterocycles. The number of carbonyl (C=O) groups is 2. The van der Waals surface area contributed by atoms with E-state index in [1.807, 2.05) is 4.90 Å². The second-order valence-corrected chi connectivity index (χ2v) is 9.33. The number of carbonyl (C=O) groups excluding carboxylic acids is 2. The van der Waals surface area contributed by atoms with E-state index in [-0.39, 0.29) is 34.7 Å². The van der Waals surface area contributed by atoms with Crippen molar-refractivity contribution in [2.75, 3.05) is 51.3 Å². The van der Waals surface area contributed by atoms with E-state index in [0.29, 0.717) is 26.2 Å². The second kappa shape index (κ2) is 10.3. The van der Waals surface area contributed by atoms with Crippen molar-refractivity contribution in [1.29, 1.82) is 0 Å². The molecule has 2 saturated heterocycles. The lowest BCUT2D eigenvalue weighted by atomic mass is 9.95. The van der Waals surface area contributed by atoms with Crippen LogP contribution in [-0.4, -0.2) is 72.9 Å². The monoisotopic (exact) mass is 480 g/mol. The molecule has 0 radical (unpaired) electrons. The molecule has 0 spiro atoms. The summed E-state index contributed by atoms with van der Waals surface area (Å²) in [5.41, 5.74) is 3.82. The molecule has 35 heavy (non-hydrogen) atoms. The highest BCUT2D eigenvalue weighted by Gasteiger charge is 2.34. The smallest absolute Gasteiger partial charge is 0.273 e. The van der Waals surface area contributed by atoms with Crippen molar-refractivity contribution < 1.29 is 19.2 Å². The number of likely N-dealkylation sites (tertiary alicyclic amines) is 1. The Balaban J connectivity index is 1.39. The predicted octanol–water partition coefficient (Wildman–Crippen LogP) is 3.42. The Kier molecular flexibility index (Phi) is 7.23. The molecule has 2 aromatic rings. The second-order valence-electron chi connectivity index (χ2n) is 9.33. The first-order valence-electron chi connectivity index (χ1n) is 12.0. The number of methoxy groups -OCH3 is 1. The fourth-order valence-corrected chi connectivity index (χ4v) is 4.99. The number of amides is 2. The largest absolute Gasteiger partial charge is 0.496 e. The average Bonchev–Trinajstić information content (AvgIpc) is 2.89. The molecule has 0 bridgehead atoms. The van der Waals surface area contributed by atoms with E-state index in [9.17, 15) is 19.7 Å². The van der Waals surface area contributed by atoms with Gasteiger partial charge in [-0.05, 0) is 49.9 Å². The van der Waals surface area contributed by atoms with Crippen LogP contribution in [0.5, 0.6) is 5.75 Å². The Morgan fingerprint density at radius 3 is 2.43 bits per heavy atom. The van der Waals surface area contributed by atoms with E-state index in [1.54, 1.807) is 4.90 Å². The summed E-state index contributed by atoms with van der Waals surface area (Å²) >= 11 is 0. The van der Waals surface area contributed by atoms with Gasteiger partial charge in [-0.3, -0.25) is 19.7 Å². The SMILES string of the molecule is COc1cc([N+](=O)[O-])ccc1C(=O)N1CCCC(C(=O)N2CCN(c3cc(C)ccc3C)CC2)C1. The third-order valence-electron chi connectivity index (χ3n) is 6.98. The van der Waals surface area contributed by atoms with Gasteiger partial charge in [-0.15, -0.1) is 0 Å². The van der Waals surface area contributed by atoms with Crippen LogP contribution in [0.4, 0.5) is 11.4 Å². The van der Waals surface area contributed by atoms with Gasteiger partial charge in [-0.1, -0.05) is 12.1 Å². The molecular weight excluding hydrogens is 448 g/mol. The van der Waals surface area contributed by atoms with Gasteiger partial charge in [0.15, 0.2) is 0 Å². The van der Waals surface area contributed by atoms with Crippen molar-refractivity contribution in [3.63, 3.8) is 0 Å². The highest BCUT2D eigenvalue weighted by Crippen LogP contribution is 2.29. The maximum absolute atomic E-state index is 13.3. The van der Waals surface area contributed by atoms with Gasteiger partial charge >= 0.3 is 0 Å². The first-order valence-corrected chi connectivity index (χ1v) is 12.0. The molecule has 2 amide bonds. The van der Waals surface area contributed by atoms with Gasteiger partial charge in [0, 0.05) is 51.0 Å². The van der Waals surface area contributed by atoms with Crippen LogP contribution in [-0.2, 0) is 4.79 Å². The number of non-ortho nitro benzene ring substituents is 1. The molecule has 0 aliphatic carbocycles. The zero-order chi connectivity index (χ0) is 25.1. The third kappa shape index (κ3) is 5.23. The predicted molar refractivity (Wildman–Crippen MR) is 133 cm³/mol. The lowest BCUT2D eigenvalue weighted by Crippen LogP contribution is -2.53. The molecule has 0 N–H and O–H groups in total. The Morgan fingerprint density at radius 2 is 1.74 bits per heavy atom. The first-order chi connectivity index (χ1) is 16.8. The number of anilines is 1. The van der Waals surface area contributed by atoms with Crippen LogP contribution in [0.15, 0.2) is 36.4 Å². The zero-order valence-corrected chi connectivity index (χ0v) is 20.5. The summed E-state index contributed by atoms with van der Waals surface area (Å²) in [6.45, 7) is 7.97. The summed E-state index contributed by atoms with van der Waals surface area (Å²) in [7, 11) is 1.39. The highest BCUT2D eigenvalue weighted by molar-refractivity contribution is 5.97. The number of nitro benzene ring substituents is 1. The summed E-state index contributed by atoms with van der Waals surface area (Å²) in [6.07, 6.45) is 1.48. The summed E-state index contributed by atoms with van der Waals surface area (Å²) < 4.78 is 5.25. The van der Waals surface area contributed by atoms with Crippen LogP contribution in [0.1, 0.15) is 34.3 Å². The molecule has 9 nitrogen and oxygen atoms in total. The molecule has 2 aliphatic rings. The maximum atomic E-state index is 13.3. The molecule has 0 aromatic heterocycles. The van der Waals surface area contributed by atoms with Crippen molar-refractivity contribution in [2.45, 2.75) is 26.7 Å². The average molecular weight is 481 g/mol. The van der Waals surface area contributed by atoms with E-state index in [1.165, 1.54) is 42.1 Å². The van der Waals surface area contributed by atoms with E-state index < -0.39 is 4.92 Å². The molecule has 1 atom stereocenters. The lowest BCUT2D eigenvalue weighted by Gasteiger charge is -2.40. The molecule has 2 aromatic carbocycles. The minimum absolute atomic E-state index is 0.0961. The molecule has 0 saturated carbocycles. The number of ether oxygens (including phenoxy) is 1. The summed E-state index contributed by atoms with van der Waals surface area (Å²) in [4.78, 5) is 43.0. The molecule has 2 fully saturated rings. The van der Waals surface area contributed by atoms with Gasteiger partial charge in [0.05, 0.1) is 29.6 Å². The van der Waals surface area contributed by atoms with Crippen LogP contribution in [0, 0.1) is 29.9 Å². The van der Waals surface area contributed by atoms with Crippen molar-refractivity contribution in [1.82, 2.24) is 9.80 Å². The Labute approximate surface area is 205 Å². The molecular formula is C26H32N4O5. The van der Waals surface area contributed by atoms with Crippen LogP contribution < -0.4 is 9.64 Å². The van der Waals surface area contributed by atoms with Gasteiger partial charge in [0.25, 0.3) is 11.6 Å². The lowest BCUT2D eigenvalue weighted by molar-refractivity contribution is -0.384. The van der Waals surface area contributed by atoms with Crippen molar-refractivity contribution in [2.24, 2.45) is 5.92 Å². The summed E-state index contributed by atoms with van der Waals surface area (Å²) in [5, 5.41) is 11.1. The molecule has 2 heterocycles. The van der Waals surface area contributed by atoms with E-state index in [2.05, 4.69) is 36.9 Å². The fraction of sp³-hybridized carbons (Fsp3) is 0.462. The number of nitrogens with zero attached hydrogens (tertiary/aromatic N) is 4. The van der Waals surface area contributed by atoms with Crippen LogP contribution in [0.2, 0.25) is 0 Å². The quantitative estimate of drug-likeness (QED) is 0.481. The van der Waals surface area contributed by atoms with Crippen LogP contribution in [0.25, 0.3) is 0 Å². The number of piperazine rings is 1. The van der Waals surface area contributed by atoms with E-state index >= 15 is 0 Å². The topological polar surface area (TPSA) is 96.2 Å². The first kappa shape index (κ1) is 24.5. The third-order valence-corrected chi connectivity index (χ3v) is 6.98. The fourth-order valence-electron chi connectivity index (χ4n) is 4.99. The van der Waals surface area contributed by atoms with Gasteiger partial charge in [0.1, 0.15) is 5.75 Å². The van der Waals surface area contributed by atoms with E-state index in [4.69, 9.17) is 4.74 Å². The van der Waals surface area contributed by atoms with E-state index in [0.717, 1.165) is 25.9 Å². The summed E-state index contributed by atoms with van der Waals surface area (Å²) in [5.74, 6) is -0.253. The Morgan fingerprint density at radius 1 is 1.00 bits per heavy atom. The number of piperidine rings is 1. The van der Waals surface area contributed by atoms with Gasteiger partial charge in [-0.2, -0.15) is 0 Å². The van der Waals surface area contributed by atoms with Gasteiger partial charge in [0.2, 0.25) is 5.91 Å². The van der Waals surface area contributed by atoms with Crippen molar-refractivity contribution >= 4 is 23.2 Å². The van der Waals surface area contributed by atoms with Crippen LogP contribution >= 0.6 is 0 Å². The maximum Gasteiger partial charge on any atom is 0.273 e. The van der Waals surface area contributed by atoms with Gasteiger partial charge in [-0.25, -0.2) is 0 Å². The molecule has 1 unspecified atom stereocenters.